The van der Waals surface area contributed by atoms with E-state index in [1.165, 1.54) is 5.69 Å². The number of aromatic nitrogens is 3. The first-order valence-electron chi connectivity index (χ1n) is 11.2. The number of nitrogens with one attached hydrogen (secondary N) is 1. The van der Waals surface area contributed by atoms with E-state index in [0.717, 1.165) is 54.3 Å². The molecule has 2 fully saturated rings. The predicted molar refractivity (Wildman–Crippen MR) is 127 cm³/mol. The number of hydrogen-bond donors (Lipinski definition) is 1. The number of likely N-dealkylation sites (N-methyl/N-ethyl adjacent to an activating group) is 1. The Morgan fingerprint density at radius 1 is 1.06 bits per heavy atom. The van der Waals surface area contributed by atoms with Crippen LogP contribution in [0.4, 0.5) is 5.69 Å². The summed E-state index contributed by atoms with van der Waals surface area (Å²) in [5.74, 6) is 1.06. The van der Waals surface area contributed by atoms with Crippen LogP contribution >= 0.6 is 11.6 Å². The van der Waals surface area contributed by atoms with Gasteiger partial charge in [0, 0.05) is 50.2 Å². The zero-order chi connectivity index (χ0) is 22.4. The van der Waals surface area contributed by atoms with Crippen LogP contribution < -0.4 is 4.90 Å². The van der Waals surface area contributed by atoms with Gasteiger partial charge in [-0.2, -0.15) is 0 Å². The van der Waals surface area contributed by atoms with Crippen molar-refractivity contribution in [1.82, 2.24) is 24.8 Å². The van der Waals surface area contributed by atoms with Crippen LogP contribution in [-0.4, -0.2) is 70.8 Å². The molecule has 1 aromatic carbocycles. The van der Waals surface area contributed by atoms with Crippen LogP contribution in [0.25, 0.3) is 11.0 Å². The zero-order valence-corrected chi connectivity index (χ0v) is 19.6. The number of pyridine rings is 1. The SMILES string of the molecule is Cc1c(Cl)ccnc1C1CC(=O)CC(c2nc3cccc(N4CCN(C)CC4)c3[nH]2)N1C. The molecule has 0 spiro atoms. The Morgan fingerprint density at radius 3 is 2.59 bits per heavy atom. The number of para-hydroxylation sites is 1. The topological polar surface area (TPSA) is 68.4 Å². The van der Waals surface area contributed by atoms with Crippen molar-refractivity contribution in [3.05, 3.63) is 52.6 Å². The van der Waals surface area contributed by atoms with E-state index < -0.39 is 0 Å². The Morgan fingerprint density at radius 2 is 1.81 bits per heavy atom. The van der Waals surface area contributed by atoms with Crippen molar-refractivity contribution in [3.63, 3.8) is 0 Å². The molecule has 2 aliphatic rings. The molecule has 1 N–H and O–H groups in total. The summed E-state index contributed by atoms with van der Waals surface area (Å²) in [7, 11) is 4.22. The number of anilines is 1. The summed E-state index contributed by atoms with van der Waals surface area (Å²) in [4.78, 5) is 32.9. The molecule has 0 aliphatic carbocycles. The number of piperidine rings is 1. The van der Waals surface area contributed by atoms with Gasteiger partial charge >= 0.3 is 0 Å². The van der Waals surface area contributed by atoms with Gasteiger partial charge in [-0.05, 0) is 44.8 Å². The number of carbonyl (C=O) groups is 1. The van der Waals surface area contributed by atoms with E-state index in [-0.39, 0.29) is 17.9 Å². The molecule has 0 amide bonds. The van der Waals surface area contributed by atoms with Crippen molar-refractivity contribution >= 4 is 34.1 Å². The molecule has 5 rings (SSSR count). The Hall–Kier alpha value is -2.48. The van der Waals surface area contributed by atoms with Crippen LogP contribution in [-0.2, 0) is 4.79 Å². The molecule has 2 aliphatic heterocycles. The molecule has 3 aromatic rings. The molecule has 2 aromatic heterocycles. The van der Waals surface area contributed by atoms with Gasteiger partial charge in [0.2, 0.25) is 0 Å². The molecule has 0 bridgehead atoms. The number of benzene rings is 1. The van der Waals surface area contributed by atoms with Crippen LogP contribution in [0.1, 0.15) is 42.0 Å². The van der Waals surface area contributed by atoms with Crippen LogP contribution in [0.15, 0.2) is 30.5 Å². The Labute approximate surface area is 193 Å². The highest BCUT2D eigenvalue weighted by molar-refractivity contribution is 6.31. The van der Waals surface area contributed by atoms with Crippen molar-refractivity contribution in [3.8, 4) is 0 Å². The van der Waals surface area contributed by atoms with Gasteiger partial charge in [0.1, 0.15) is 11.6 Å². The summed E-state index contributed by atoms with van der Waals surface area (Å²) in [5, 5.41) is 0.679. The maximum Gasteiger partial charge on any atom is 0.136 e. The maximum absolute atomic E-state index is 12.8. The van der Waals surface area contributed by atoms with Crippen molar-refractivity contribution in [2.45, 2.75) is 31.8 Å². The van der Waals surface area contributed by atoms with Crippen LogP contribution in [0.2, 0.25) is 5.02 Å². The third kappa shape index (κ3) is 3.78. The molecule has 2 atom stereocenters. The Balaban J connectivity index is 1.49. The molecule has 7 nitrogen and oxygen atoms in total. The highest BCUT2D eigenvalue weighted by Gasteiger charge is 2.37. The van der Waals surface area contributed by atoms with Gasteiger partial charge in [0.15, 0.2) is 0 Å². The lowest BCUT2D eigenvalue weighted by Gasteiger charge is -2.38. The number of halogens is 1. The van der Waals surface area contributed by atoms with E-state index in [1.54, 1.807) is 12.3 Å². The van der Waals surface area contributed by atoms with Crippen molar-refractivity contribution in [2.75, 3.05) is 45.2 Å². The van der Waals surface area contributed by atoms with Gasteiger partial charge in [0.25, 0.3) is 0 Å². The fourth-order valence-corrected chi connectivity index (χ4v) is 5.12. The number of rotatable bonds is 3. The minimum Gasteiger partial charge on any atom is -0.367 e. The minimum atomic E-state index is -0.130. The normalized spacial score (nSPS) is 23.2. The largest absolute Gasteiger partial charge is 0.367 e. The number of fused-ring (bicyclic) bond motifs is 1. The van der Waals surface area contributed by atoms with E-state index in [9.17, 15) is 4.79 Å². The number of nitrogens with zero attached hydrogens (tertiary/aromatic N) is 5. The molecule has 0 radical (unpaired) electrons. The first-order chi connectivity index (χ1) is 15.4. The summed E-state index contributed by atoms with van der Waals surface area (Å²) in [6.07, 6.45) is 2.60. The monoisotopic (exact) mass is 452 g/mol. The highest BCUT2D eigenvalue weighted by atomic mass is 35.5. The van der Waals surface area contributed by atoms with Crippen molar-refractivity contribution in [2.24, 2.45) is 0 Å². The van der Waals surface area contributed by atoms with Crippen molar-refractivity contribution < 1.29 is 4.79 Å². The number of H-pyrrole nitrogens is 1. The second kappa shape index (κ2) is 8.46. The van der Waals surface area contributed by atoms with Crippen LogP contribution in [0, 0.1) is 6.92 Å². The number of ketones is 1. The second-order valence-electron chi connectivity index (χ2n) is 9.03. The summed E-state index contributed by atoms with van der Waals surface area (Å²) < 4.78 is 0. The van der Waals surface area contributed by atoms with E-state index in [0.29, 0.717) is 17.9 Å². The molecule has 8 heteroatoms. The second-order valence-corrected chi connectivity index (χ2v) is 9.44. The fraction of sp³-hybridized carbons (Fsp3) is 0.458. The molecule has 2 saturated heterocycles. The van der Waals surface area contributed by atoms with Gasteiger partial charge in [0.05, 0.1) is 34.5 Å². The molecule has 32 heavy (non-hydrogen) atoms. The van der Waals surface area contributed by atoms with E-state index in [4.69, 9.17) is 16.6 Å². The smallest absolute Gasteiger partial charge is 0.136 e. The van der Waals surface area contributed by atoms with Gasteiger partial charge in [-0.25, -0.2) is 4.98 Å². The molecule has 0 saturated carbocycles. The standard InChI is InChI=1S/C24H29ClN6O/c1-15-17(25)7-8-26-22(15)20-13-16(32)14-21(30(20)3)24-27-18-5-4-6-19(23(18)28-24)31-11-9-29(2)10-12-31/h4-8,20-21H,9-14H2,1-3H3,(H,27,28). The van der Waals surface area contributed by atoms with Gasteiger partial charge in [-0.3, -0.25) is 14.7 Å². The number of piperazine rings is 1. The quantitative estimate of drug-likeness (QED) is 0.652. The van der Waals surface area contributed by atoms with Crippen LogP contribution in [0.5, 0.6) is 0 Å². The lowest BCUT2D eigenvalue weighted by molar-refractivity contribution is -0.125. The van der Waals surface area contributed by atoms with Gasteiger partial charge in [-0.15, -0.1) is 0 Å². The maximum atomic E-state index is 12.8. The number of Topliss-reactive ketones (excluding diaryl/α,β-unsaturated/α-hetero) is 1. The molecule has 2 unspecified atom stereocenters. The molecule has 168 valence electrons. The first-order valence-corrected chi connectivity index (χ1v) is 11.6. The summed E-state index contributed by atoms with van der Waals surface area (Å²) >= 11 is 6.35. The van der Waals surface area contributed by atoms with E-state index in [1.807, 2.05) is 13.0 Å². The van der Waals surface area contributed by atoms with E-state index >= 15 is 0 Å². The van der Waals surface area contributed by atoms with E-state index in [2.05, 4.69) is 50.9 Å². The predicted octanol–water partition coefficient (Wildman–Crippen LogP) is 3.75. The summed E-state index contributed by atoms with van der Waals surface area (Å²) in [6, 6.07) is 7.81. The molecule has 4 heterocycles. The minimum absolute atomic E-state index is 0.120. The van der Waals surface area contributed by atoms with Gasteiger partial charge in [-0.1, -0.05) is 17.7 Å². The summed E-state index contributed by atoms with van der Waals surface area (Å²) in [6.45, 7) is 6.05. The zero-order valence-electron chi connectivity index (χ0n) is 18.8. The number of likely N-dealkylation sites (tertiary alicyclic amines) is 1. The Kier molecular flexibility index (Phi) is 5.65. The summed E-state index contributed by atoms with van der Waals surface area (Å²) in [5.41, 5.74) is 4.97. The van der Waals surface area contributed by atoms with Gasteiger partial charge < -0.3 is 14.8 Å². The molecular formula is C24H29ClN6O. The lowest BCUT2D eigenvalue weighted by atomic mass is 9.91. The average molecular weight is 453 g/mol. The highest BCUT2D eigenvalue weighted by Crippen LogP contribution is 2.40. The van der Waals surface area contributed by atoms with Crippen LogP contribution in [0.3, 0.4) is 0 Å². The Bertz CT molecular complexity index is 1150. The third-order valence-corrected chi connectivity index (χ3v) is 7.40. The number of aromatic amines is 1. The van der Waals surface area contributed by atoms with Crippen molar-refractivity contribution in [1.29, 1.82) is 0 Å². The molecular weight excluding hydrogens is 424 g/mol. The number of carbonyl (C=O) groups excluding carboxylic acids is 1. The number of imidazole rings is 1. The third-order valence-electron chi connectivity index (χ3n) is 6.99. The lowest BCUT2D eigenvalue weighted by Crippen LogP contribution is -2.44. The number of hydrogen-bond acceptors (Lipinski definition) is 6. The first kappa shape index (κ1) is 21.4. The average Bonchev–Trinajstić information content (AvgIpc) is 3.22. The fourth-order valence-electron chi connectivity index (χ4n) is 4.97.